The fraction of sp³-hybridized carbons (Fsp3) is 0.143. The smallest absolute Gasteiger partial charge is 0.453 e. The summed E-state index contributed by atoms with van der Waals surface area (Å²) in [5.41, 5.74) is -0.140. The molecule has 0 spiro atoms. The number of carbonyl (C=O) groups is 2. The lowest BCUT2D eigenvalue weighted by Crippen LogP contribution is -2.29. The summed E-state index contributed by atoms with van der Waals surface area (Å²) in [6.07, 6.45) is -4.37. The third kappa shape index (κ3) is 6.00. The number of halogens is 6. The first-order valence-electron chi connectivity index (χ1n) is 9.35. The monoisotopic (exact) mass is 530 g/mol. The van der Waals surface area contributed by atoms with Crippen LogP contribution in [0.25, 0.3) is 0 Å². The van der Waals surface area contributed by atoms with E-state index in [0.717, 1.165) is 17.8 Å². The molecule has 0 saturated carbocycles. The summed E-state index contributed by atoms with van der Waals surface area (Å²) in [5, 5.41) is 11.5. The number of aromatic nitrogens is 2. The summed E-state index contributed by atoms with van der Waals surface area (Å²) in [4.78, 5) is 26.9. The summed E-state index contributed by atoms with van der Waals surface area (Å²) >= 11 is 12.0. The van der Waals surface area contributed by atoms with Gasteiger partial charge in [0.1, 0.15) is 11.4 Å². The van der Waals surface area contributed by atoms with Gasteiger partial charge in [-0.05, 0) is 24.3 Å². The van der Waals surface area contributed by atoms with Crippen LogP contribution in [0.5, 0.6) is 17.5 Å². The van der Waals surface area contributed by atoms with Crippen molar-refractivity contribution < 1.29 is 36.6 Å². The number of alkyl halides is 3. The minimum absolute atomic E-state index is 0.0480. The molecule has 0 bridgehead atoms. The molecule has 0 saturated heterocycles. The fourth-order valence-corrected chi connectivity index (χ4v) is 3.12. The van der Waals surface area contributed by atoms with E-state index in [-0.39, 0.29) is 44.9 Å². The number of nitrogens with zero attached hydrogens (tertiary/aromatic N) is 3. The van der Waals surface area contributed by atoms with Gasteiger partial charge in [0.25, 0.3) is 5.91 Å². The van der Waals surface area contributed by atoms with Gasteiger partial charge in [0.05, 0.1) is 22.9 Å². The van der Waals surface area contributed by atoms with Crippen LogP contribution < -0.4 is 14.8 Å². The molecule has 3 aromatic rings. The van der Waals surface area contributed by atoms with E-state index >= 15 is 4.39 Å². The van der Waals surface area contributed by atoms with Crippen molar-refractivity contribution in [3.8, 4) is 23.6 Å². The van der Waals surface area contributed by atoms with Gasteiger partial charge in [-0.15, -0.1) is 0 Å². The molecule has 1 N–H and O–H groups in total. The number of nitriles is 1. The summed E-state index contributed by atoms with van der Waals surface area (Å²) in [5.74, 6) is -4.60. The Morgan fingerprint density at radius 3 is 2.60 bits per heavy atom. The Bertz CT molecular complexity index is 1350. The Morgan fingerprint density at radius 1 is 1.23 bits per heavy atom. The number of benzene rings is 2. The minimum atomic E-state index is -5.25. The van der Waals surface area contributed by atoms with Crippen LogP contribution in [-0.4, -0.2) is 27.6 Å². The maximum atomic E-state index is 15.1. The number of nitrogens with one attached hydrogen (secondary N) is 1. The number of esters is 1. The third-order valence-corrected chi connectivity index (χ3v) is 4.90. The molecule has 0 aliphatic rings. The summed E-state index contributed by atoms with van der Waals surface area (Å²) in [7, 11) is 1.15. The van der Waals surface area contributed by atoms with E-state index in [1.807, 2.05) is 6.07 Å². The molecule has 182 valence electrons. The number of ether oxygens (including phenoxy) is 2. The van der Waals surface area contributed by atoms with Crippen molar-refractivity contribution in [2.24, 2.45) is 7.05 Å². The molecule has 8 nitrogen and oxygen atoms in total. The zero-order valence-electron chi connectivity index (χ0n) is 17.4. The minimum Gasteiger partial charge on any atom is -0.453 e. The highest BCUT2D eigenvalue weighted by Gasteiger charge is 2.42. The van der Waals surface area contributed by atoms with Gasteiger partial charge in [0, 0.05) is 24.2 Å². The molecule has 3 rings (SSSR count). The van der Waals surface area contributed by atoms with Gasteiger partial charge in [0.15, 0.2) is 11.6 Å². The highest BCUT2D eigenvalue weighted by Crippen LogP contribution is 2.35. The first kappa shape index (κ1) is 25.8. The Hall–Kier alpha value is -3.82. The predicted molar refractivity (Wildman–Crippen MR) is 114 cm³/mol. The maximum absolute atomic E-state index is 15.1. The van der Waals surface area contributed by atoms with Gasteiger partial charge in [0.2, 0.25) is 0 Å². The highest BCUT2D eigenvalue weighted by molar-refractivity contribution is 6.32. The first-order chi connectivity index (χ1) is 16.4. The normalized spacial score (nSPS) is 11.0. The van der Waals surface area contributed by atoms with Crippen molar-refractivity contribution in [1.82, 2.24) is 14.9 Å². The largest absolute Gasteiger partial charge is 0.491 e. The predicted octanol–water partition coefficient (Wildman–Crippen LogP) is 4.93. The number of imidazole rings is 1. The van der Waals surface area contributed by atoms with E-state index in [0.29, 0.717) is 0 Å². The van der Waals surface area contributed by atoms with Gasteiger partial charge in [-0.2, -0.15) is 18.4 Å². The Morgan fingerprint density at radius 2 is 1.94 bits per heavy atom. The summed E-state index contributed by atoms with van der Waals surface area (Å²) < 4.78 is 62.6. The summed E-state index contributed by atoms with van der Waals surface area (Å²) in [6, 6.07) is 7.76. The SMILES string of the molecule is Cn1c(C(=O)NCc2ccc(Cl)c(Oc3cc(Cl)cc(C#N)c3)c2F)cnc1OC(=O)C(F)(F)F. The van der Waals surface area contributed by atoms with E-state index in [1.165, 1.54) is 30.3 Å². The fourth-order valence-electron chi connectivity index (χ4n) is 2.71. The molecule has 14 heteroatoms. The second-order valence-corrected chi connectivity index (χ2v) is 7.64. The summed E-state index contributed by atoms with van der Waals surface area (Å²) in [6.45, 7) is -0.375. The zero-order valence-corrected chi connectivity index (χ0v) is 18.9. The number of hydrogen-bond donors (Lipinski definition) is 1. The lowest BCUT2D eigenvalue weighted by Gasteiger charge is -2.13. The molecule has 1 amide bonds. The van der Waals surface area contributed by atoms with Crippen molar-refractivity contribution in [2.75, 3.05) is 0 Å². The van der Waals surface area contributed by atoms with Crippen molar-refractivity contribution in [2.45, 2.75) is 12.7 Å². The van der Waals surface area contributed by atoms with Crippen molar-refractivity contribution in [3.63, 3.8) is 0 Å². The van der Waals surface area contributed by atoms with Crippen LogP contribution >= 0.6 is 23.2 Å². The standard InChI is InChI=1S/C21H12Cl2F4N4O4/c1-31-15(9-30-20(31)35-19(33)21(25,26)27)18(32)29-8-11-2-3-14(23)17(16(11)24)34-13-5-10(7-28)4-12(22)6-13/h2-6,9H,8H2,1H3,(H,29,32). The quantitative estimate of drug-likeness (QED) is 0.358. The highest BCUT2D eigenvalue weighted by atomic mass is 35.5. The average Bonchev–Trinajstić information content (AvgIpc) is 3.15. The third-order valence-electron chi connectivity index (χ3n) is 4.38. The second kappa shape index (κ2) is 10.2. The van der Waals surface area contributed by atoms with Crippen molar-refractivity contribution >= 4 is 35.1 Å². The molecule has 0 aliphatic carbocycles. The molecule has 0 radical (unpaired) electrons. The van der Waals surface area contributed by atoms with Crippen molar-refractivity contribution in [1.29, 1.82) is 5.26 Å². The molecule has 2 aromatic carbocycles. The topological polar surface area (TPSA) is 106 Å². The molecular weight excluding hydrogens is 519 g/mol. The van der Waals surface area contributed by atoms with Gasteiger partial charge in [-0.25, -0.2) is 14.2 Å². The second-order valence-electron chi connectivity index (χ2n) is 6.79. The molecule has 35 heavy (non-hydrogen) atoms. The van der Waals surface area contributed by atoms with E-state index < -0.39 is 29.9 Å². The van der Waals surface area contributed by atoms with E-state index in [4.69, 9.17) is 33.2 Å². The van der Waals surface area contributed by atoms with Crippen LogP contribution in [-0.2, 0) is 18.4 Å². The van der Waals surface area contributed by atoms with Gasteiger partial charge < -0.3 is 14.8 Å². The van der Waals surface area contributed by atoms with Crippen LogP contribution in [0.2, 0.25) is 10.0 Å². The Kier molecular flexibility index (Phi) is 7.52. The average molecular weight is 531 g/mol. The van der Waals surface area contributed by atoms with Crippen LogP contribution in [0, 0.1) is 17.1 Å². The molecule has 0 fully saturated rings. The number of carbonyl (C=O) groups excluding carboxylic acids is 2. The molecule has 1 heterocycles. The van der Waals surface area contributed by atoms with E-state index in [2.05, 4.69) is 15.0 Å². The maximum Gasteiger partial charge on any atom is 0.491 e. The van der Waals surface area contributed by atoms with Gasteiger partial charge >= 0.3 is 18.2 Å². The van der Waals surface area contributed by atoms with Crippen molar-refractivity contribution in [3.05, 3.63) is 69.2 Å². The number of amides is 1. The molecule has 1 aromatic heterocycles. The first-order valence-corrected chi connectivity index (χ1v) is 10.1. The molecular formula is C21H12Cl2F4N4O4. The molecule has 0 unspecified atom stereocenters. The van der Waals surface area contributed by atoms with E-state index in [9.17, 15) is 22.8 Å². The van der Waals surface area contributed by atoms with Crippen LogP contribution in [0.3, 0.4) is 0 Å². The van der Waals surface area contributed by atoms with Gasteiger partial charge in [-0.1, -0.05) is 29.3 Å². The Labute approximate surface area is 204 Å². The molecule has 0 atom stereocenters. The number of hydrogen-bond acceptors (Lipinski definition) is 6. The van der Waals surface area contributed by atoms with Crippen LogP contribution in [0.15, 0.2) is 36.5 Å². The molecule has 0 aliphatic heterocycles. The lowest BCUT2D eigenvalue weighted by atomic mass is 10.2. The zero-order chi connectivity index (χ0) is 25.9. The number of rotatable bonds is 6. The Balaban J connectivity index is 1.75. The van der Waals surface area contributed by atoms with E-state index in [1.54, 1.807) is 0 Å². The van der Waals surface area contributed by atoms with Crippen LogP contribution in [0.1, 0.15) is 21.6 Å². The van der Waals surface area contributed by atoms with Crippen LogP contribution in [0.4, 0.5) is 17.6 Å². The lowest BCUT2D eigenvalue weighted by molar-refractivity contribution is -0.190. The van der Waals surface area contributed by atoms with Gasteiger partial charge in [-0.3, -0.25) is 9.36 Å².